The summed E-state index contributed by atoms with van der Waals surface area (Å²) in [5.41, 5.74) is 2.58. The van der Waals surface area contributed by atoms with Crippen molar-refractivity contribution in [2.24, 2.45) is 5.92 Å². The largest absolute Gasteiger partial charge is 0.497 e. The van der Waals surface area contributed by atoms with Crippen molar-refractivity contribution in [1.29, 1.82) is 0 Å². The fourth-order valence-electron chi connectivity index (χ4n) is 5.90. The van der Waals surface area contributed by atoms with E-state index in [-0.39, 0.29) is 12.0 Å². The first kappa shape index (κ1) is 25.6. The fraction of sp³-hybridized carbons (Fsp3) is 0.567. The van der Waals surface area contributed by atoms with Crippen molar-refractivity contribution in [3.63, 3.8) is 0 Å². The van der Waals surface area contributed by atoms with Crippen LogP contribution in [-0.2, 0) is 11.2 Å². The van der Waals surface area contributed by atoms with Crippen molar-refractivity contribution in [2.45, 2.75) is 63.3 Å². The molecular weight excluding hydrogens is 436 g/mol. The van der Waals surface area contributed by atoms with E-state index in [1.54, 1.807) is 14.2 Å². The summed E-state index contributed by atoms with van der Waals surface area (Å²) in [6.07, 6.45) is 8.83. The van der Waals surface area contributed by atoms with Crippen LogP contribution in [0.3, 0.4) is 0 Å². The number of para-hydroxylation sites is 1. The molecule has 1 aliphatic heterocycles. The van der Waals surface area contributed by atoms with Crippen molar-refractivity contribution in [2.75, 3.05) is 40.9 Å². The Bertz CT molecular complexity index is 931. The fourth-order valence-corrected chi connectivity index (χ4v) is 5.90. The number of hydrogen-bond donors (Lipinski definition) is 0. The molecule has 0 radical (unpaired) electrons. The van der Waals surface area contributed by atoms with Gasteiger partial charge in [-0.25, -0.2) is 0 Å². The summed E-state index contributed by atoms with van der Waals surface area (Å²) in [7, 11) is 5.49. The summed E-state index contributed by atoms with van der Waals surface area (Å²) < 4.78 is 11.0. The standard InChI is InChI=1S/C30H42N2O3/c1-31(30(33)25-9-5-4-6-10-25)26(21-23-13-15-27(34-2)16-14-23)22-32-19-17-24(18-20-32)28-11-7-8-12-29(28)35-3/h7-8,11-16,24-26H,4-6,9-10,17-22H2,1-3H3. The van der Waals surface area contributed by atoms with Gasteiger partial charge in [-0.2, -0.15) is 0 Å². The van der Waals surface area contributed by atoms with Gasteiger partial charge >= 0.3 is 0 Å². The van der Waals surface area contributed by atoms with Crippen LogP contribution in [0.1, 0.15) is 62.0 Å². The van der Waals surface area contributed by atoms with Crippen LogP contribution in [0.2, 0.25) is 0 Å². The molecule has 0 N–H and O–H groups in total. The third kappa shape index (κ3) is 6.58. The first-order valence-electron chi connectivity index (χ1n) is 13.3. The Morgan fingerprint density at radius 3 is 2.29 bits per heavy atom. The first-order chi connectivity index (χ1) is 17.1. The quantitative estimate of drug-likeness (QED) is 0.475. The SMILES string of the molecule is COc1ccc(CC(CN2CCC(c3ccccc3OC)CC2)N(C)C(=O)C2CCCCC2)cc1. The zero-order valence-electron chi connectivity index (χ0n) is 21.7. The Balaban J connectivity index is 1.43. The molecule has 190 valence electrons. The summed E-state index contributed by atoms with van der Waals surface area (Å²) in [4.78, 5) is 18.1. The highest BCUT2D eigenvalue weighted by atomic mass is 16.5. The smallest absolute Gasteiger partial charge is 0.225 e. The lowest BCUT2D eigenvalue weighted by Crippen LogP contribution is -2.49. The molecule has 0 spiro atoms. The van der Waals surface area contributed by atoms with E-state index in [9.17, 15) is 4.79 Å². The van der Waals surface area contributed by atoms with E-state index in [0.717, 1.165) is 63.2 Å². The topological polar surface area (TPSA) is 42.0 Å². The van der Waals surface area contributed by atoms with Gasteiger partial charge in [-0.1, -0.05) is 49.6 Å². The molecule has 1 aliphatic carbocycles. The normalized spacial score (nSPS) is 18.7. The van der Waals surface area contributed by atoms with Crippen molar-refractivity contribution in [3.8, 4) is 11.5 Å². The number of benzene rings is 2. The van der Waals surface area contributed by atoms with Gasteiger partial charge in [0.2, 0.25) is 5.91 Å². The van der Waals surface area contributed by atoms with E-state index in [0.29, 0.717) is 11.8 Å². The number of carbonyl (C=O) groups is 1. The molecule has 2 aliphatic rings. The monoisotopic (exact) mass is 478 g/mol. The molecule has 2 fully saturated rings. The molecule has 1 amide bonds. The van der Waals surface area contributed by atoms with E-state index in [1.807, 2.05) is 25.2 Å². The van der Waals surface area contributed by atoms with Gasteiger partial charge in [0, 0.05) is 25.6 Å². The summed E-state index contributed by atoms with van der Waals surface area (Å²) in [6, 6.07) is 16.9. The number of piperidine rings is 1. The number of likely N-dealkylation sites (N-methyl/N-ethyl adjacent to an activating group) is 1. The molecule has 35 heavy (non-hydrogen) atoms. The predicted molar refractivity (Wildman–Crippen MR) is 141 cm³/mol. The second-order valence-corrected chi connectivity index (χ2v) is 10.3. The Morgan fingerprint density at radius 1 is 0.943 bits per heavy atom. The van der Waals surface area contributed by atoms with Crippen LogP contribution < -0.4 is 9.47 Å². The average molecular weight is 479 g/mol. The van der Waals surface area contributed by atoms with Crippen LogP contribution in [0.15, 0.2) is 48.5 Å². The van der Waals surface area contributed by atoms with E-state index >= 15 is 0 Å². The number of likely N-dealkylation sites (tertiary alicyclic amines) is 1. The summed E-state index contributed by atoms with van der Waals surface area (Å²) in [6.45, 7) is 3.01. The van der Waals surface area contributed by atoms with Crippen LogP contribution >= 0.6 is 0 Å². The molecule has 0 bridgehead atoms. The highest BCUT2D eigenvalue weighted by Crippen LogP contribution is 2.34. The maximum atomic E-state index is 13.5. The van der Waals surface area contributed by atoms with Crippen LogP contribution in [-0.4, -0.2) is 62.7 Å². The first-order valence-corrected chi connectivity index (χ1v) is 13.3. The zero-order chi connectivity index (χ0) is 24.6. The van der Waals surface area contributed by atoms with Gasteiger partial charge < -0.3 is 19.3 Å². The summed E-state index contributed by atoms with van der Waals surface area (Å²) >= 11 is 0. The lowest BCUT2D eigenvalue weighted by molar-refractivity contribution is -0.137. The van der Waals surface area contributed by atoms with Gasteiger partial charge in [0.15, 0.2) is 0 Å². The molecule has 0 aromatic heterocycles. The second kappa shape index (κ2) is 12.4. The van der Waals surface area contributed by atoms with Gasteiger partial charge in [-0.15, -0.1) is 0 Å². The van der Waals surface area contributed by atoms with E-state index < -0.39 is 0 Å². The van der Waals surface area contributed by atoms with Crippen LogP contribution in [0, 0.1) is 5.92 Å². The Hall–Kier alpha value is -2.53. The minimum Gasteiger partial charge on any atom is -0.497 e. The van der Waals surface area contributed by atoms with Crippen molar-refractivity contribution in [1.82, 2.24) is 9.80 Å². The van der Waals surface area contributed by atoms with Crippen molar-refractivity contribution in [3.05, 3.63) is 59.7 Å². The predicted octanol–water partition coefficient (Wildman–Crippen LogP) is 5.53. The molecule has 1 saturated carbocycles. The number of ether oxygens (including phenoxy) is 2. The maximum Gasteiger partial charge on any atom is 0.225 e. The molecule has 2 aromatic carbocycles. The van der Waals surface area contributed by atoms with Gasteiger partial charge in [-0.3, -0.25) is 4.79 Å². The molecular formula is C30H42N2O3. The molecule has 1 saturated heterocycles. The third-order valence-electron chi connectivity index (χ3n) is 8.12. The van der Waals surface area contributed by atoms with Gasteiger partial charge in [0.25, 0.3) is 0 Å². The summed E-state index contributed by atoms with van der Waals surface area (Å²) in [5.74, 6) is 2.94. The minimum atomic E-state index is 0.167. The Kier molecular flexibility index (Phi) is 9.08. The maximum absolute atomic E-state index is 13.5. The van der Waals surface area contributed by atoms with E-state index in [4.69, 9.17) is 9.47 Å². The van der Waals surface area contributed by atoms with E-state index in [1.165, 1.54) is 30.4 Å². The van der Waals surface area contributed by atoms with Crippen LogP contribution in [0.4, 0.5) is 0 Å². The van der Waals surface area contributed by atoms with Crippen molar-refractivity contribution >= 4 is 5.91 Å². The summed E-state index contributed by atoms with van der Waals surface area (Å²) in [5, 5.41) is 0. The number of nitrogens with zero attached hydrogens (tertiary/aromatic N) is 2. The zero-order valence-corrected chi connectivity index (χ0v) is 21.7. The molecule has 2 aromatic rings. The molecule has 5 nitrogen and oxygen atoms in total. The number of hydrogen-bond acceptors (Lipinski definition) is 4. The van der Waals surface area contributed by atoms with Crippen molar-refractivity contribution < 1.29 is 14.3 Å². The molecule has 1 heterocycles. The Morgan fingerprint density at radius 2 is 1.63 bits per heavy atom. The highest BCUT2D eigenvalue weighted by molar-refractivity contribution is 5.79. The van der Waals surface area contributed by atoms with Gasteiger partial charge in [0.05, 0.1) is 14.2 Å². The number of amides is 1. The number of methoxy groups -OCH3 is 2. The second-order valence-electron chi connectivity index (χ2n) is 10.3. The van der Waals surface area contributed by atoms with E-state index in [2.05, 4.69) is 40.1 Å². The average Bonchev–Trinajstić information content (AvgIpc) is 2.93. The lowest BCUT2D eigenvalue weighted by Gasteiger charge is -2.39. The molecule has 5 heteroatoms. The molecule has 1 unspecified atom stereocenters. The number of carbonyl (C=O) groups excluding carboxylic acids is 1. The molecule has 1 atom stereocenters. The number of rotatable bonds is 9. The van der Waals surface area contributed by atoms with Crippen LogP contribution in [0.5, 0.6) is 11.5 Å². The van der Waals surface area contributed by atoms with Gasteiger partial charge in [0.1, 0.15) is 11.5 Å². The Labute approximate surface area is 211 Å². The molecule has 4 rings (SSSR count). The minimum absolute atomic E-state index is 0.167. The third-order valence-corrected chi connectivity index (χ3v) is 8.12. The lowest BCUT2D eigenvalue weighted by atomic mass is 9.87. The highest BCUT2D eigenvalue weighted by Gasteiger charge is 2.31. The van der Waals surface area contributed by atoms with Crippen LogP contribution in [0.25, 0.3) is 0 Å². The van der Waals surface area contributed by atoms with Gasteiger partial charge in [-0.05, 0) is 80.4 Å².